The fourth-order valence-corrected chi connectivity index (χ4v) is 4.28. The van der Waals surface area contributed by atoms with Gasteiger partial charge in [0.25, 0.3) is 0 Å². The number of rotatable bonds is 12. The second kappa shape index (κ2) is 13.5. The molecule has 0 aliphatic heterocycles. The predicted octanol–water partition coefficient (Wildman–Crippen LogP) is 5.07. The SMILES string of the molecule is CCNC(=O)[C@H](Cc1ccccc1)N(Cc1ccccc1Cl)C(=O)CCc1ccc(OC)c(OC)c1. The molecule has 1 N–H and O–H groups in total. The lowest BCUT2D eigenvalue weighted by molar-refractivity contribution is -0.141. The third kappa shape index (κ3) is 7.25. The molecule has 1 atom stereocenters. The van der Waals surface area contributed by atoms with Crippen LogP contribution in [-0.4, -0.2) is 43.5 Å². The van der Waals surface area contributed by atoms with Gasteiger partial charge in [-0.15, -0.1) is 0 Å². The van der Waals surface area contributed by atoms with Gasteiger partial charge in [-0.3, -0.25) is 9.59 Å². The van der Waals surface area contributed by atoms with Crippen LogP contribution >= 0.6 is 11.6 Å². The van der Waals surface area contributed by atoms with Gasteiger partial charge in [-0.25, -0.2) is 0 Å². The molecule has 0 aliphatic rings. The van der Waals surface area contributed by atoms with E-state index in [1.54, 1.807) is 25.2 Å². The molecule has 0 aromatic heterocycles. The molecule has 190 valence electrons. The number of hydrogen-bond acceptors (Lipinski definition) is 4. The normalized spacial score (nSPS) is 11.4. The first-order valence-electron chi connectivity index (χ1n) is 12.0. The van der Waals surface area contributed by atoms with Gasteiger partial charge in [0.2, 0.25) is 11.8 Å². The summed E-state index contributed by atoms with van der Waals surface area (Å²) in [4.78, 5) is 28.6. The molecule has 0 spiro atoms. The Morgan fingerprint density at radius 3 is 2.28 bits per heavy atom. The number of carbonyl (C=O) groups excluding carboxylic acids is 2. The summed E-state index contributed by atoms with van der Waals surface area (Å²) in [5, 5.41) is 3.47. The third-order valence-electron chi connectivity index (χ3n) is 6.00. The molecule has 7 heteroatoms. The van der Waals surface area contributed by atoms with Crippen molar-refractivity contribution in [1.29, 1.82) is 0 Å². The van der Waals surface area contributed by atoms with Crippen LogP contribution in [-0.2, 0) is 29.0 Å². The zero-order chi connectivity index (χ0) is 25.9. The standard InChI is InChI=1S/C29H33ClN2O4/c1-4-31-29(34)25(18-21-10-6-5-7-11-21)32(20-23-12-8-9-13-24(23)30)28(33)17-15-22-14-16-26(35-2)27(19-22)36-3/h5-14,16,19,25H,4,15,17-18,20H2,1-3H3,(H,31,34)/t25-/m0/s1. The minimum atomic E-state index is -0.679. The lowest BCUT2D eigenvalue weighted by atomic mass is 10.0. The van der Waals surface area contributed by atoms with E-state index in [0.29, 0.717) is 35.9 Å². The average molecular weight is 509 g/mol. The zero-order valence-corrected chi connectivity index (χ0v) is 21.8. The molecular weight excluding hydrogens is 476 g/mol. The van der Waals surface area contributed by atoms with Crippen molar-refractivity contribution in [2.45, 2.75) is 38.8 Å². The molecule has 0 saturated heterocycles. The Hall–Kier alpha value is -3.51. The van der Waals surface area contributed by atoms with Gasteiger partial charge in [-0.1, -0.05) is 66.2 Å². The number of nitrogens with zero attached hydrogens (tertiary/aromatic N) is 1. The predicted molar refractivity (Wildman–Crippen MR) is 142 cm³/mol. The number of carbonyl (C=O) groups is 2. The lowest BCUT2D eigenvalue weighted by Gasteiger charge is -2.32. The first-order chi connectivity index (χ1) is 17.5. The maximum absolute atomic E-state index is 13.7. The van der Waals surface area contributed by atoms with E-state index in [1.165, 1.54) is 0 Å². The molecule has 0 unspecified atom stereocenters. The smallest absolute Gasteiger partial charge is 0.243 e. The van der Waals surface area contributed by atoms with Crippen LogP contribution in [0.25, 0.3) is 0 Å². The number of nitrogens with one attached hydrogen (secondary N) is 1. The number of benzene rings is 3. The largest absolute Gasteiger partial charge is 0.493 e. The summed E-state index contributed by atoms with van der Waals surface area (Å²) >= 11 is 6.45. The highest BCUT2D eigenvalue weighted by atomic mass is 35.5. The Balaban J connectivity index is 1.89. The Labute approximate surface area is 218 Å². The fourth-order valence-electron chi connectivity index (χ4n) is 4.09. The number of halogens is 1. The van der Waals surface area contributed by atoms with Crippen molar-refractivity contribution in [1.82, 2.24) is 10.2 Å². The van der Waals surface area contributed by atoms with Gasteiger partial charge in [-0.05, 0) is 48.2 Å². The quantitative estimate of drug-likeness (QED) is 0.371. The molecule has 6 nitrogen and oxygen atoms in total. The number of likely N-dealkylation sites (N-methyl/N-ethyl adjacent to an activating group) is 1. The molecule has 3 aromatic rings. The van der Waals surface area contributed by atoms with Crippen molar-refractivity contribution in [3.63, 3.8) is 0 Å². The maximum atomic E-state index is 13.7. The number of methoxy groups -OCH3 is 2. The molecule has 0 aliphatic carbocycles. The van der Waals surface area contributed by atoms with Gasteiger partial charge < -0.3 is 19.7 Å². The zero-order valence-electron chi connectivity index (χ0n) is 21.0. The van der Waals surface area contributed by atoms with E-state index < -0.39 is 6.04 Å². The first-order valence-corrected chi connectivity index (χ1v) is 12.4. The number of hydrogen-bond donors (Lipinski definition) is 1. The van der Waals surface area contributed by atoms with E-state index in [9.17, 15) is 9.59 Å². The third-order valence-corrected chi connectivity index (χ3v) is 6.36. The van der Waals surface area contributed by atoms with E-state index >= 15 is 0 Å². The summed E-state index contributed by atoms with van der Waals surface area (Å²) in [6, 6.07) is 22.1. The number of amides is 2. The molecule has 3 aromatic carbocycles. The van der Waals surface area contributed by atoms with Gasteiger partial charge in [-0.2, -0.15) is 0 Å². The second-order valence-corrected chi connectivity index (χ2v) is 8.81. The molecule has 0 radical (unpaired) electrons. The van der Waals surface area contributed by atoms with Gasteiger partial charge in [0.1, 0.15) is 6.04 Å². The average Bonchev–Trinajstić information content (AvgIpc) is 2.90. The molecule has 0 bridgehead atoms. The Morgan fingerprint density at radius 1 is 0.917 bits per heavy atom. The van der Waals surface area contributed by atoms with Crippen molar-refractivity contribution >= 4 is 23.4 Å². The van der Waals surface area contributed by atoms with Gasteiger partial charge in [0, 0.05) is 31.0 Å². The molecule has 36 heavy (non-hydrogen) atoms. The van der Waals surface area contributed by atoms with Crippen molar-refractivity contribution in [2.75, 3.05) is 20.8 Å². The van der Waals surface area contributed by atoms with E-state index in [1.807, 2.05) is 73.7 Å². The van der Waals surface area contributed by atoms with Crippen molar-refractivity contribution in [3.8, 4) is 11.5 Å². The molecular formula is C29H33ClN2O4. The number of ether oxygens (including phenoxy) is 2. The fraction of sp³-hybridized carbons (Fsp3) is 0.310. The van der Waals surface area contributed by atoms with E-state index in [0.717, 1.165) is 16.7 Å². The Bertz CT molecular complexity index is 1150. The molecule has 0 saturated carbocycles. The summed E-state index contributed by atoms with van der Waals surface area (Å²) in [6.45, 7) is 2.58. The minimum Gasteiger partial charge on any atom is -0.493 e. The van der Waals surface area contributed by atoms with Crippen LogP contribution < -0.4 is 14.8 Å². The summed E-state index contributed by atoms with van der Waals surface area (Å²) in [7, 11) is 3.17. The Kier molecular flexibility index (Phi) is 10.2. The van der Waals surface area contributed by atoms with E-state index in [2.05, 4.69) is 5.32 Å². The maximum Gasteiger partial charge on any atom is 0.243 e. The van der Waals surface area contributed by atoms with Crippen molar-refractivity contribution in [3.05, 3.63) is 94.5 Å². The molecule has 0 heterocycles. The highest BCUT2D eigenvalue weighted by molar-refractivity contribution is 6.31. The molecule has 0 fully saturated rings. The second-order valence-electron chi connectivity index (χ2n) is 8.40. The van der Waals surface area contributed by atoms with Gasteiger partial charge in [0.15, 0.2) is 11.5 Å². The summed E-state index contributed by atoms with van der Waals surface area (Å²) < 4.78 is 10.7. The highest BCUT2D eigenvalue weighted by Gasteiger charge is 2.30. The summed E-state index contributed by atoms with van der Waals surface area (Å²) in [6.07, 6.45) is 1.12. The Morgan fingerprint density at radius 2 is 1.61 bits per heavy atom. The van der Waals surface area contributed by atoms with Crippen molar-refractivity contribution in [2.24, 2.45) is 0 Å². The summed E-state index contributed by atoms with van der Waals surface area (Å²) in [5.74, 6) is 0.927. The first kappa shape index (κ1) is 27.1. The van der Waals surface area contributed by atoms with E-state index in [4.69, 9.17) is 21.1 Å². The summed E-state index contributed by atoms with van der Waals surface area (Å²) in [5.41, 5.74) is 2.71. The van der Waals surface area contributed by atoms with Gasteiger partial charge in [0.05, 0.1) is 14.2 Å². The van der Waals surface area contributed by atoms with Crippen LogP contribution in [0.3, 0.4) is 0 Å². The van der Waals surface area contributed by atoms with Crippen LogP contribution in [0.2, 0.25) is 5.02 Å². The minimum absolute atomic E-state index is 0.128. The van der Waals surface area contributed by atoms with Crippen LogP contribution in [0.1, 0.15) is 30.0 Å². The topological polar surface area (TPSA) is 67.9 Å². The lowest BCUT2D eigenvalue weighted by Crippen LogP contribution is -2.50. The van der Waals surface area contributed by atoms with Gasteiger partial charge >= 0.3 is 0 Å². The highest BCUT2D eigenvalue weighted by Crippen LogP contribution is 2.28. The molecule has 2 amide bonds. The molecule has 3 rings (SSSR count). The monoisotopic (exact) mass is 508 g/mol. The van der Waals surface area contributed by atoms with Crippen LogP contribution in [0.4, 0.5) is 0 Å². The van der Waals surface area contributed by atoms with Crippen LogP contribution in [0.5, 0.6) is 11.5 Å². The van der Waals surface area contributed by atoms with E-state index in [-0.39, 0.29) is 24.8 Å². The van der Waals surface area contributed by atoms with Crippen LogP contribution in [0.15, 0.2) is 72.8 Å². The van der Waals surface area contributed by atoms with Crippen molar-refractivity contribution < 1.29 is 19.1 Å². The number of aryl methyl sites for hydroxylation is 1. The van der Waals surface area contributed by atoms with Crippen LogP contribution in [0, 0.1) is 0 Å².